The second-order valence-corrected chi connectivity index (χ2v) is 8.20. The number of pyridine rings is 1. The number of ether oxygens (including phenoxy) is 2. The van der Waals surface area contributed by atoms with Gasteiger partial charge in [0.1, 0.15) is 0 Å². The number of amides is 1. The number of rotatable bonds is 4. The molecule has 0 aliphatic carbocycles. The fraction of sp³-hybridized carbons (Fsp3) is 0.227. The van der Waals surface area contributed by atoms with Gasteiger partial charge in [-0.05, 0) is 49.1 Å². The van der Waals surface area contributed by atoms with Crippen LogP contribution in [-0.4, -0.2) is 27.5 Å². The van der Waals surface area contributed by atoms with E-state index in [2.05, 4.69) is 10.4 Å². The summed E-state index contributed by atoms with van der Waals surface area (Å²) in [5.74, 6) is 1.25. The first-order valence-corrected chi connectivity index (χ1v) is 10.5. The van der Waals surface area contributed by atoms with E-state index in [1.165, 1.54) is 0 Å². The van der Waals surface area contributed by atoms with Gasteiger partial charge in [-0.3, -0.25) is 9.48 Å². The van der Waals surface area contributed by atoms with Gasteiger partial charge in [-0.1, -0.05) is 12.1 Å². The van der Waals surface area contributed by atoms with Crippen molar-refractivity contribution >= 4 is 28.3 Å². The van der Waals surface area contributed by atoms with Crippen LogP contribution in [0.5, 0.6) is 11.5 Å². The molecule has 8 heteroatoms. The molecule has 1 amide bonds. The molecule has 1 aliphatic heterocycles. The Morgan fingerprint density at radius 1 is 1.23 bits per heavy atom. The molecule has 0 saturated heterocycles. The van der Waals surface area contributed by atoms with E-state index in [9.17, 15) is 4.79 Å². The number of fused-ring (bicyclic) bond motifs is 2. The predicted molar refractivity (Wildman–Crippen MR) is 115 cm³/mol. The van der Waals surface area contributed by atoms with Crippen LogP contribution in [0.15, 0.2) is 41.8 Å². The second-order valence-electron chi connectivity index (χ2n) is 7.25. The molecule has 152 valence electrons. The smallest absolute Gasteiger partial charge is 0.252 e. The van der Waals surface area contributed by atoms with Crippen LogP contribution in [0.4, 0.5) is 0 Å². The van der Waals surface area contributed by atoms with Crippen molar-refractivity contribution in [2.24, 2.45) is 7.05 Å². The maximum absolute atomic E-state index is 13.3. The molecule has 7 nitrogen and oxygen atoms in total. The number of carbonyl (C=O) groups is 1. The van der Waals surface area contributed by atoms with Gasteiger partial charge < -0.3 is 14.8 Å². The van der Waals surface area contributed by atoms with Crippen LogP contribution in [0.25, 0.3) is 21.6 Å². The lowest BCUT2D eigenvalue weighted by Crippen LogP contribution is -2.27. The van der Waals surface area contributed by atoms with Gasteiger partial charge in [0.05, 0.1) is 33.3 Å². The van der Waals surface area contributed by atoms with Gasteiger partial charge in [0.2, 0.25) is 6.79 Å². The van der Waals surface area contributed by atoms with Crippen LogP contribution in [0.1, 0.15) is 34.6 Å². The lowest BCUT2D eigenvalue weighted by Gasteiger charge is -2.16. The number of aromatic nitrogens is 3. The van der Waals surface area contributed by atoms with E-state index in [1.54, 1.807) is 16.0 Å². The van der Waals surface area contributed by atoms with Crippen LogP contribution in [0.3, 0.4) is 0 Å². The molecule has 0 fully saturated rings. The zero-order valence-electron chi connectivity index (χ0n) is 16.8. The average molecular weight is 420 g/mol. The number of hydrogen-bond acceptors (Lipinski definition) is 6. The molecule has 0 spiro atoms. The number of nitrogens with zero attached hydrogens (tertiary/aromatic N) is 3. The summed E-state index contributed by atoms with van der Waals surface area (Å²) in [7, 11) is 1.84. The molecule has 1 aliphatic rings. The third-order valence-electron chi connectivity index (χ3n) is 5.23. The minimum atomic E-state index is -0.211. The highest BCUT2D eigenvalue weighted by Crippen LogP contribution is 2.34. The summed E-state index contributed by atoms with van der Waals surface area (Å²) in [4.78, 5) is 19.1. The lowest BCUT2D eigenvalue weighted by atomic mass is 10.0. The Balaban J connectivity index is 1.52. The molecule has 1 N–H and O–H groups in total. The Kier molecular flexibility index (Phi) is 4.43. The van der Waals surface area contributed by atoms with Gasteiger partial charge in [0.15, 0.2) is 17.1 Å². The van der Waals surface area contributed by atoms with Gasteiger partial charge in [-0.15, -0.1) is 11.3 Å². The number of thiophene rings is 1. The molecule has 0 saturated carbocycles. The van der Waals surface area contributed by atoms with Gasteiger partial charge >= 0.3 is 0 Å². The van der Waals surface area contributed by atoms with Crippen LogP contribution < -0.4 is 14.8 Å². The minimum absolute atomic E-state index is 0.165. The normalized spacial score (nSPS) is 13.6. The van der Waals surface area contributed by atoms with E-state index in [0.717, 1.165) is 33.0 Å². The Morgan fingerprint density at radius 2 is 2.07 bits per heavy atom. The molecule has 0 bridgehead atoms. The molecule has 1 atom stereocenters. The van der Waals surface area contributed by atoms with Gasteiger partial charge in [-0.2, -0.15) is 5.10 Å². The summed E-state index contributed by atoms with van der Waals surface area (Å²) in [6.45, 7) is 4.07. The van der Waals surface area contributed by atoms with Crippen molar-refractivity contribution in [2.75, 3.05) is 6.79 Å². The van der Waals surface area contributed by atoms with Gasteiger partial charge in [-0.25, -0.2) is 4.98 Å². The third-order valence-corrected chi connectivity index (χ3v) is 6.12. The highest BCUT2D eigenvalue weighted by Gasteiger charge is 2.22. The van der Waals surface area contributed by atoms with Crippen molar-refractivity contribution in [1.29, 1.82) is 0 Å². The topological polar surface area (TPSA) is 78.3 Å². The van der Waals surface area contributed by atoms with Crippen molar-refractivity contribution in [1.82, 2.24) is 20.1 Å². The maximum atomic E-state index is 13.3. The first-order chi connectivity index (χ1) is 14.5. The number of hydrogen-bond donors (Lipinski definition) is 1. The molecule has 4 heterocycles. The van der Waals surface area contributed by atoms with E-state index in [0.29, 0.717) is 17.0 Å². The lowest BCUT2D eigenvalue weighted by molar-refractivity contribution is 0.0941. The van der Waals surface area contributed by atoms with Crippen molar-refractivity contribution < 1.29 is 14.3 Å². The fourth-order valence-corrected chi connectivity index (χ4v) is 4.40. The molecular weight excluding hydrogens is 400 g/mol. The first kappa shape index (κ1) is 18.6. The van der Waals surface area contributed by atoms with Crippen molar-refractivity contribution in [3.8, 4) is 22.1 Å². The number of nitrogens with one attached hydrogen (secondary N) is 1. The Hall–Kier alpha value is -3.39. The van der Waals surface area contributed by atoms with E-state index >= 15 is 0 Å². The van der Waals surface area contributed by atoms with E-state index in [-0.39, 0.29) is 18.7 Å². The predicted octanol–water partition coefficient (Wildman–Crippen LogP) is 4.22. The average Bonchev–Trinajstić information content (AvgIpc) is 3.48. The summed E-state index contributed by atoms with van der Waals surface area (Å²) < 4.78 is 12.6. The van der Waals surface area contributed by atoms with E-state index in [1.807, 2.05) is 62.7 Å². The van der Waals surface area contributed by atoms with Crippen molar-refractivity contribution in [3.05, 3.63) is 58.6 Å². The zero-order valence-corrected chi connectivity index (χ0v) is 17.6. The van der Waals surface area contributed by atoms with Crippen molar-refractivity contribution in [2.45, 2.75) is 19.9 Å². The minimum Gasteiger partial charge on any atom is -0.454 e. The Labute approximate surface area is 177 Å². The summed E-state index contributed by atoms with van der Waals surface area (Å²) >= 11 is 1.59. The van der Waals surface area contributed by atoms with E-state index < -0.39 is 0 Å². The molecule has 4 aromatic rings. The quantitative estimate of drug-likeness (QED) is 0.535. The van der Waals surface area contributed by atoms with Crippen LogP contribution in [0, 0.1) is 6.92 Å². The summed E-state index contributed by atoms with van der Waals surface area (Å²) in [5, 5.41) is 10.4. The number of benzene rings is 1. The molecule has 1 aromatic carbocycles. The Bertz CT molecular complexity index is 1260. The van der Waals surface area contributed by atoms with Gasteiger partial charge in [0.25, 0.3) is 5.91 Å². The summed E-state index contributed by atoms with van der Waals surface area (Å²) in [5.41, 5.74) is 3.75. The zero-order chi connectivity index (χ0) is 20.8. The maximum Gasteiger partial charge on any atom is 0.252 e. The monoisotopic (exact) mass is 420 g/mol. The molecule has 30 heavy (non-hydrogen) atoms. The largest absolute Gasteiger partial charge is 0.454 e. The van der Waals surface area contributed by atoms with Crippen LogP contribution >= 0.6 is 11.3 Å². The Morgan fingerprint density at radius 3 is 2.87 bits per heavy atom. The first-order valence-electron chi connectivity index (χ1n) is 9.60. The standard InChI is InChI=1S/C22H20N4O3S/c1-12(14-6-7-17-18(9-14)29-11-28-17)23-22(27)15-10-16(19-5-4-8-30-19)24-21-20(15)13(2)25-26(21)3/h4-10,12H,11H2,1-3H3,(H,23,27). The molecule has 5 rings (SSSR count). The number of aryl methyl sites for hydroxylation is 2. The highest BCUT2D eigenvalue weighted by atomic mass is 32.1. The van der Waals surface area contributed by atoms with E-state index in [4.69, 9.17) is 14.5 Å². The van der Waals surface area contributed by atoms with Crippen LogP contribution in [-0.2, 0) is 7.05 Å². The number of carbonyl (C=O) groups excluding carboxylic acids is 1. The summed E-state index contributed by atoms with van der Waals surface area (Å²) in [6, 6.07) is 11.3. The molecule has 3 aromatic heterocycles. The van der Waals surface area contributed by atoms with Gasteiger partial charge in [0, 0.05) is 7.05 Å². The molecule has 1 unspecified atom stereocenters. The molecule has 0 radical (unpaired) electrons. The highest BCUT2D eigenvalue weighted by molar-refractivity contribution is 7.13. The molecular formula is C22H20N4O3S. The van der Waals surface area contributed by atoms with Crippen LogP contribution in [0.2, 0.25) is 0 Å². The SMILES string of the molecule is Cc1nn(C)c2nc(-c3cccs3)cc(C(=O)NC(C)c3ccc4c(c3)OCO4)c12. The summed E-state index contributed by atoms with van der Waals surface area (Å²) in [6.07, 6.45) is 0. The third kappa shape index (κ3) is 3.09. The second kappa shape index (κ2) is 7.14. The fourth-order valence-electron chi connectivity index (χ4n) is 3.71. The van der Waals surface area contributed by atoms with Crippen molar-refractivity contribution in [3.63, 3.8) is 0 Å².